The molecule has 3 aromatic heterocycles. The van der Waals surface area contributed by atoms with Gasteiger partial charge in [-0.3, -0.25) is 0 Å². The van der Waals surface area contributed by atoms with E-state index in [1.54, 1.807) is 31.5 Å². The Morgan fingerprint density at radius 3 is 2.83 bits per heavy atom. The van der Waals surface area contributed by atoms with Crippen molar-refractivity contribution in [2.45, 2.75) is 32.4 Å². The van der Waals surface area contributed by atoms with E-state index in [2.05, 4.69) is 33.6 Å². The average molecular weight is 428 g/mol. The molecule has 0 amide bonds. The summed E-state index contributed by atoms with van der Waals surface area (Å²) in [4.78, 5) is 14.4. The van der Waals surface area contributed by atoms with Gasteiger partial charge in [-0.15, -0.1) is 11.3 Å². The third-order valence-electron chi connectivity index (χ3n) is 4.60. The normalized spacial score (nSPS) is 13.0. The van der Waals surface area contributed by atoms with Crippen LogP contribution in [0.1, 0.15) is 32.4 Å². The minimum absolute atomic E-state index is 0.0896. The molecule has 0 aliphatic heterocycles. The van der Waals surface area contributed by atoms with Crippen LogP contribution in [-0.2, 0) is 0 Å². The molecule has 3 heterocycles. The van der Waals surface area contributed by atoms with E-state index >= 15 is 0 Å². The smallest absolute Gasteiger partial charge is 0.138 e. The molecule has 0 aliphatic rings. The fraction of sp³-hybridized carbons (Fsp3) is 0.286. The second-order valence-electron chi connectivity index (χ2n) is 7.63. The van der Waals surface area contributed by atoms with Gasteiger partial charge in [0, 0.05) is 17.5 Å². The third kappa shape index (κ3) is 4.27. The van der Waals surface area contributed by atoms with Gasteiger partial charge in [-0.2, -0.15) is 0 Å². The van der Waals surface area contributed by atoms with Crippen LogP contribution in [0, 0.1) is 0 Å². The number of para-hydroxylation sites is 1. The first-order valence-corrected chi connectivity index (χ1v) is 10.6. The third-order valence-corrected chi connectivity index (χ3v) is 5.72. The standard InChI is InChI=1S/C21H22ClN5OS/c1-12(26-18-14-7-8-29-20(14)25-11-24-18)15-9-13-5-4-6-16(22)17(13)27-19(15)23-10-21(2,3)28/h4-9,11-12,28H,10H2,1-3H3,(H,23,27)(H,24,25,26). The van der Waals surface area contributed by atoms with Crippen LogP contribution in [0.2, 0.25) is 5.02 Å². The Kier molecular flexibility index (Phi) is 5.29. The molecular weight excluding hydrogens is 406 g/mol. The fourth-order valence-electron chi connectivity index (χ4n) is 3.14. The lowest BCUT2D eigenvalue weighted by Crippen LogP contribution is -2.30. The predicted molar refractivity (Wildman–Crippen MR) is 121 cm³/mol. The highest BCUT2D eigenvalue weighted by Gasteiger charge is 2.19. The monoisotopic (exact) mass is 427 g/mol. The number of nitrogens with zero attached hydrogens (tertiary/aromatic N) is 3. The van der Waals surface area contributed by atoms with Gasteiger partial charge >= 0.3 is 0 Å². The van der Waals surface area contributed by atoms with Crippen molar-refractivity contribution in [3.05, 3.63) is 52.6 Å². The van der Waals surface area contributed by atoms with Crippen LogP contribution in [0.3, 0.4) is 0 Å². The molecule has 4 rings (SSSR count). The summed E-state index contributed by atoms with van der Waals surface area (Å²) in [5.74, 6) is 1.46. The van der Waals surface area contributed by atoms with Gasteiger partial charge < -0.3 is 15.7 Å². The van der Waals surface area contributed by atoms with Crippen molar-refractivity contribution in [3.8, 4) is 0 Å². The number of fused-ring (bicyclic) bond motifs is 2. The Labute approximate surface area is 178 Å². The summed E-state index contributed by atoms with van der Waals surface area (Å²) in [5.41, 5.74) is 0.817. The number of benzene rings is 1. The lowest BCUT2D eigenvalue weighted by Gasteiger charge is -2.23. The Morgan fingerprint density at radius 1 is 1.21 bits per heavy atom. The molecule has 150 valence electrons. The molecule has 1 aromatic carbocycles. The van der Waals surface area contributed by atoms with Crippen LogP contribution < -0.4 is 10.6 Å². The SMILES string of the molecule is CC(Nc1ncnc2sccc12)c1cc2cccc(Cl)c2nc1NCC(C)(C)O. The molecule has 0 saturated carbocycles. The molecular formula is C21H22ClN5OS. The molecule has 0 radical (unpaired) electrons. The summed E-state index contributed by atoms with van der Waals surface area (Å²) in [6.45, 7) is 5.92. The highest BCUT2D eigenvalue weighted by atomic mass is 35.5. The maximum Gasteiger partial charge on any atom is 0.138 e. The average Bonchev–Trinajstić information content (AvgIpc) is 3.15. The number of nitrogens with one attached hydrogen (secondary N) is 2. The molecule has 0 fully saturated rings. The maximum absolute atomic E-state index is 10.2. The van der Waals surface area contributed by atoms with Gasteiger partial charge in [-0.1, -0.05) is 23.7 Å². The molecule has 0 bridgehead atoms. The van der Waals surface area contributed by atoms with Gasteiger partial charge in [-0.05, 0) is 44.4 Å². The zero-order valence-electron chi connectivity index (χ0n) is 16.4. The second-order valence-corrected chi connectivity index (χ2v) is 8.93. The number of pyridine rings is 1. The fourth-order valence-corrected chi connectivity index (χ4v) is 4.10. The summed E-state index contributed by atoms with van der Waals surface area (Å²) >= 11 is 7.95. The van der Waals surface area contributed by atoms with Crippen LogP contribution in [0.4, 0.5) is 11.6 Å². The molecule has 0 spiro atoms. The number of anilines is 2. The molecule has 1 unspecified atom stereocenters. The summed E-state index contributed by atoms with van der Waals surface area (Å²) in [6.07, 6.45) is 1.57. The minimum Gasteiger partial charge on any atom is -0.389 e. The largest absolute Gasteiger partial charge is 0.389 e. The zero-order chi connectivity index (χ0) is 20.6. The quantitative estimate of drug-likeness (QED) is 0.390. The van der Waals surface area contributed by atoms with Crippen LogP contribution in [-0.4, -0.2) is 32.2 Å². The number of thiophene rings is 1. The summed E-state index contributed by atoms with van der Waals surface area (Å²) in [6, 6.07) is 9.73. The summed E-state index contributed by atoms with van der Waals surface area (Å²) in [5, 5.41) is 21.5. The highest BCUT2D eigenvalue weighted by molar-refractivity contribution is 7.16. The molecule has 29 heavy (non-hydrogen) atoms. The summed E-state index contributed by atoms with van der Waals surface area (Å²) in [7, 11) is 0. The van der Waals surface area contributed by atoms with E-state index in [1.807, 2.05) is 29.6 Å². The van der Waals surface area contributed by atoms with Crippen molar-refractivity contribution in [2.75, 3.05) is 17.2 Å². The van der Waals surface area contributed by atoms with E-state index in [4.69, 9.17) is 16.6 Å². The number of aliphatic hydroxyl groups is 1. The zero-order valence-corrected chi connectivity index (χ0v) is 18.0. The van der Waals surface area contributed by atoms with Gasteiger partial charge in [0.05, 0.1) is 27.6 Å². The van der Waals surface area contributed by atoms with Crippen LogP contribution in [0.15, 0.2) is 42.0 Å². The van der Waals surface area contributed by atoms with Gasteiger partial charge in [0.2, 0.25) is 0 Å². The van der Waals surface area contributed by atoms with Gasteiger partial charge in [0.25, 0.3) is 0 Å². The molecule has 8 heteroatoms. The van der Waals surface area contributed by atoms with Crippen molar-refractivity contribution in [1.82, 2.24) is 15.0 Å². The lowest BCUT2D eigenvalue weighted by molar-refractivity contribution is 0.0944. The molecule has 0 saturated heterocycles. The molecule has 4 aromatic rings. The van der Waals surface area contributed by atoms with Crippen LogP contribution in [0.25, 0.3) is 21.1 Å². The van der Waals surface area contributed by atoms with Crippen molar-refractivity contribution < 1.29 is 5.11 Å². The topological polar surface area (TPSA) is 83.0 Å². The van der Waals surface area contributed by atoms with Crippen molar-refractivity contribution in [2.24, 2.45) is 0 Å². The Morgan fingerprint density at radius 2 is 2.03 bits per heavy atom. The summed E-state index contributed by atoms with van der Waals surface area (Å²) < 4.78 is 0. The minimum atomic E-state index is -0.874. The Balaban J connectivity index is 1.74. The van der Waals surface area contributed by atoms with E-state index in [1.165, 1.54) is 0 Å². The first kappa shape index (κ1) is 19.8. The highest BCUT2D eigenvalue weighted by Crippen LogP contribution is 2.32. The first-order valence-electron chi connectivity index (χ1n) is 9.32. The van der Waals surface area contributed by atoms with Crippen LogP contribution >= 0.6 is 22.9 Å². The van der Waals surface area contributed by atoms with Crippen LogP contribution in [0.5, 0.6) is 0 Å². The lowest BCUT2D eigenvalue weighted by atomic mass is 10.0. The first-order chi connectivity index (χ1) is 13.8. The number of rotatable bonds is 6. The van der Waals surface area contributed by atoms with E-state index in [-0.39, 0.29) is 6.04 Å². The van der Waals surface area contributed by atoms with E-state index in [0.29, 0.717) is 17.4 Å². The van der Waals surface area contributed by atoms with E-state index in [9.17, 15) is 5.11 Å². The molecule has 0 aliphatic carbocycles. The van der Waals surface area contributed by atoms with Crippen molar-refractivity contribution in [1.29, 1.82) is 0 Å². The second kappa shape index (κ2) is 7.74. The Hall–Kier alpha value is -2.48. The maximum atomic E-state index is 10.2. The van der Waals surface area contributed by atoms with Crippen molar-refractivity contribution >= 4 is 55.7 Å². The molecule has 3 N–H and O–H groups in total. The van der Waals surface area contributed by atoms with E-state index < -0.39 is 5.60 Å². The molecule has 1 atom stereocenters. The molecule has 6 nitrogen and oxygen atoms in total. The number of hydrogen-bond donors (Lipinski definition) is 3. The van der Waals surface area contributed by atoms with Gasteiger partial charge in [-0.25, -0.2) is 15.0 Å². The number of hydrogen-bond acceptors (Lipinski definition) is 7. The predicted octanol–water partition coefficient (Wildman–Crippen LogP) is 5.25. The van der Waals surface area contributed by atoms with Gasteiger partial charge in [0.1, 0.15) is 22.8 Å². The van der Waals surface area contributed by atoms with Crippen molar-refractivity contribution in [3.63, 3.8) is 0 Å². The number of halogens is 1. The Bertz CT molecular complexity index is 1170. The van der Waals surface area contributed by atoms with Gasteiger partial charge in [0.15, 0.2) is 0 Å². The van der Waals surface area contributed by atoms with E-state index in [0.717, 1.165) is 32.5 Å². The number of aromatic nitrogens is 3.